The molecule has 4 nitrogen and oxygen atoms in total. The molecule has 0 spiro atoms. The predicted molar refractivity (Wildman–Crippen MR) is 75.7 cm³/mol. The first-order valence-corrected chi connectivity index (χ1v) is 6.36. The number of nitrogens with zero attached hydrogens (tertiary/aromatic N) is 1. The summed E-state index contributed by atoms with van der Waals surface area (Å²) in [6, 6.07) is 7.32. The minimum absolute atomic E-state index is 0.127. The van der Waals surface area contributed by atoms with Crippen LogP contribution in [-0.2, 0) is 4.74 Å². The quantitative estimate of drug-likeness (QED) is 0.850. The Morgan fingerprint density at radius 1 is 1.26 bits per heavy atom. The smallest absolute Gasteiger partial charge is 0.134 e. The number of hydrogen-bond donors (Lipinski definition) is 2. The second-order valence-corrected chi connectivity index (χ2v) is 4.79. The Labute approximate surface area is 114 Å². The van der Waals surface area contributed by atoms with Crippen molar-refractivity contribution in [2.24, 2.45) is 0 Å². The molecule has 102 valence electrons. The number of rotatable bonds is 5. The zero-order chi connectivity index (χ0) is 13.7. The van der Waals surface area contributed by atoms with E-state index in [0.29, 0.717) is 6.61 Å². The highest BCUT2D eigenvalue weighted by atomic mass is 16.5. The lowest BCUT2D eigenvalue weighted by atomic mass is 10.0. The van der Waals surface area contributed by atoms with E-state index in [1.165, 1.54) is 0 Å². The van der Waals surface area contributed by atoms with Gasteiger partial charge in [-0.25, -0.2) is 0 Å². The van der Waals surface area contributed by atoms with Crippen LogP contribution in [0.25, 0.3) is 0 Å². The summed E-state index contributed by atoms with van der Waals surface area (Å²) in [6.45, 7) is 1.57. The summed E-state index contributed by atoms with van der Waals surface area (Å²) in [5.41, 5.74) is 1.11. The van der Waals surface area contributed by atoms with Gasteiger partial charge in [0.1, 0.15) is 18.1 Å². The zero-order valence-corrected chi connectivity index (χ0v) is 11.3. The average Bonchev–Trinajstić information content (AvgIpc) is 2.40. The van der Waals surface area contributed by atoms with Crippen molar-refractivity contribution in [3.05, 3.63) is 53.9 Å². The molecule has 0 saturated heterocycles. The van der Waals surface area contributed by atoms with Crippen LogP contribution in [0, 0.1) is 0 Å². The normalized spacial score (nSPS) is 18.1. The highest BCUT2D eigenvalue weighted by Crippen LogP contribution is 2.21. The molecule has 0 saturated carbocycles. The molecule has 1 aromatic rings. The van der Waals surface area contributed by atoms with Crippen LogP contribution in [0.4, 0.5) is 0 Å². The number of dihydropyridines is 1. The van der Waals surface area contributed by atoms with Crippen LogP contribution < -0.4 is 5.32 Å². The van der Waals surface area contributed by atoms with E-state index in [9.17, 15) is 5.11 Å². The average molecular weight is 260 g/mol. The first-order valence-electron chi connectivity index (χ1n) is 6.36. The molecule has 1 aromatic carbocycles. The number of phenols is 1. The minimum atomic E-state index is 0.127. The number of allylic oxidation sites excluding steroid dienone is 1. The zero-order valence-electron chi connectivity index (χ0n) is 11.3. The number of benzene rings is 1. The Hall–Kier alpha value is -1.94. The molecule has 1 aliphatic heterocycles. The minimum Gasteiger partial charge on any atom is -0.508 e. The van der Waals surface area contributed by atoms with E-state index >= 15 is 0 Å². The van der Waals surface area contributed by atoms with Crippen LogP contribution >= 0.6 is 0 Å². The molecular weight excluding hydrogens is 240 g/mol. The maximum atomic E-state index is 9.26. The number of ether oxygens (including phenoxy) is 1. The fourth-order valence-electron chi connectivity index (χ4n) is 1.79. The number of aromatic hydroxyl groups is 1. The van der Waals surface area contributed by atoms with Gasteiger partial charge in [0, 0.05) is 12.7 Å². The summed E-state index contributed by atoms with van der Waals surface area (Å²) in [5, 5.41) is 12.5. The van der Waals surface area contributed by atoms with Gasteiger partial charge in [-0.2, -0.15) is 0 Å². The van der Waals surface area contributed by atoms with E-state index in [2.05, 4.69) is 16.3 Å². The lowest BCUT2D eigenvalue weighted by molar-refractivity contribution is 0.190. The molecule has 4 heteroatoms. The van der Waals surface area contributed by atoms with Gasteiger partial charge in [0.15, 0.2) is 0 Å². The van der Waals surface area contributed by atoms with Crippen molar-refractivity contribution in [1.82, 2.24) is 10.2 Å². The molecular formula is C15H20N2O2. The van der Waals surface area contributed by atoms with Crippen molar-refractivity contribution in [3.8, 4) is 5.75 Å². The molecule has 1 heterocycles. The fraction of sp³-hybridized carbons (Fsp3) is 0.333. The molecule has 1 aliphatic rings. The molecule has 0 amide bonds. The summed E-state index contributed by atoms with van der Waals surface area (Å²) in [4.78, 5) is 2.08. The van der Waals surface area contributed by atoms with Crippen LogP contribution in [0.3, 0.4) is 0 Å². The maximum absolute atomic E-state index is 9.26. The Morgan fingerprint density at radius 2 is 2.00 bits per heavy atom. The SMILES string of the molecule is CN(C)CCOC1=CNC(c2ccc(O)cc2)C=C1. The summed E-state index contributed by atoms with van der Waals surface area (Å²) in [7, 11) is 4.04. The van der Waals surface area contributed by atoms with Gasteiger partial charge in [0.2, 0.25) is 0 Å². The predicted octanol–water partition coefficient (Wildman–Crippen LogP) is 2.01. The molecule has 0 aromatic heterocycles. The number of hydrogen-bond acceptors (Lipinski definition) is 4. The van der Waals surface area contributed by atoms with Gasteiger partial charge in [-0.05, 0) is 37.9 Å². The lowest BCUT2D eigenvalue weighted by Gasteiger charge is -2.20. The van der Waals surface area contributed by atoms with Crippen LogP contribution in [0.2, 0.25) is 0 Å². The fourth-order valence-corrected chi connectivity index (χ4v) is 1.79. The molecule has 1 atom stereocenters. The van der Waals surface area contributed by atoms with Crippen LogP contribution in [0.1, 0.15) is 11.6 Å². The molecule has 0 fully saturated rings. The van der Waals surface area contributed by atoms with Crippen LogP contribution in [0.5, 0.6) is 5.75 Å². The summed E-state index contributed by atoms with van der Waals surface area (Å²) in [6.07, 6.45) is 5.91. The van der Waals surface area contributed by atoms with Gasteiger partial charge >= 0.3 is 0 Å². The molecule has 2 rings (SSSR count). The van der Waals surface area contributed by atoms with E-state index in [1.807, 2.05) is 38.5 Å². The second-order valence-electron chi connectivity index (χ2n) is 4.79. The van der Waals surface area contributed by atoms with Crippen molar-refractivity contribution < 1.29 is 9.84 Å². The molecule has 1 unspecified atom stereocenters. The van der Waals surface area contributed by atoms with Crippen molar-refractivity contribution in [2.45, 2.75) is 6.04 Å². The standard InChI is InChI=1S/C15H20N2O2/c1-17(2)9-10-19-14-7-8-15(16-11-14)12-3-5-13(18)6-4-12/h3-8,11,15-16,18H,9-10H2,1-2H3. The summed E-state index contributed by atoms with van der Waals surface area (Å²) < 4.78 is 5.63. The molecule has 0 bridgehead atoms. The first-order chi connectivity index (χ1) is 9.15. The maximum Gasteiger partial charge on any atom is 0.134 e. The van der Waals surface area contributed by atoms with Crippen LogP contribution in [0.15, 0.2) is 48.4 Å². The number of nitrogens with one attached hydrogen (secondary N) is 1. The van der Waals surface area contributed by atoms with Gasteiger partial charge in [0.25, 0.3) is 0 Å². The van der Waals surface area contributed by atoms with Gasteiger partial charge in [0.05, 0.1) is 6.04 Å². The largest absolute Gasteiger partial charge is 0.508 e. The van der Waals surface area contributed by atoms with Crippen molar-refractivity contribution in [3.63, 3.8) is 0 Å². The third-order valence-corrected chi connectivity index (χ3v) is 2.92. The van der Waals surface area contributed by atoms with Crippen LogP contribution in [-0.4, -0.2) is 37.3 Å². The Kier molecular flexibility index (Phi) is 4.47. The lowest BCUT2D eigenvalue weighted by Crippen LogP contribution is -2.20. The van der Waals surface area contributed by atoms with Crippen molar-refractivity contribution in [2.75, 3.05) is 27.2 Å². The van der Waals surface area contributed by atoms with Gasteiger partial charge in [-0.15, -0.1) is 0 Å². The number of likely N-dealkylation sites (N-methyl/N-ethyl adjacent to an activating group) is 1. The molecule has 0 radical (unpaired) electrons. The van der Waals surface area contributed by atoms with Crippen molar-refractivity contribution in [1.29, 1.82) is 0 Å². The highest BCUT2D eigenvalue weighted by Gasteiger charge is 2.10. The monoisotopic (exact) mass is 260 g/mol. The summed E-state index contributed by atoms with van der Waals surface area (Å²) >= 11 is 0. The molecule has 19 heavy (non-hydrogen) atoms. The summed E-state index contributed by atoms with van der Waals surface area (Å²) in [5.74, 6) is 1.13. The topological polar surface area (TPSA) is 44.7 Å². The highest BCUT2D eigenvalue weighted by molar-refractivity contribution is 5.33. The first kappa shape index (κ1) is 13.5. The van der Waals surface area contributed by atoms with Gasteiger partial charge in [-0.1, -0.05) is 18.2 Å². The van der Waals surface area contributed by atoms with E-state index in [1.54, 1.807) is 12.1 Å². The van der Waals surface area contributed by atoms with E-state index in [-0.39, 0.29) is 11.8 Å². The molecule has 2 N–H and O–H groups in total. The third-order valence-electron chi connectivity index (χ3n) is 2.92. The van der Waals surface area contributed by atoms with E-state index in [0.717, 1.165) is 17.9 Å². The van der Waals surface area contributed by atoms with E-state index in [4.69, 9.17) is 4.74 Å². The Bertz CT molecular complexity index is 464. The van der Waals surface area contributed by atoms with E-state index < -0.39 is 0 Å². The van der Waals surface area contributed by atoms with Gasteiger partial charge < -0.3 is 20.1 Å². The van der Waals surface area contributed by atoms with Gasteiger partial charge in [-0.3, -0.25) is 0 Å². The Morgan fingerprint density at radius 3 is 2.58 bits per heavy atom. The van der Waals surface area contributed by atoms with Crippen molar-refractivity contribution >= 4 is 0 Å². The second kappa shape index (κ2) is 6.29. The Balaban J connectivity index is 1.86. The number of phenolic OH excluding ortho intramolecular Hbond substituents is 1. The molecule has 0 aliphatic carbocycles. The third kappa shape index (κ3) is 4.03.